The highest BCUT2D eigenvalue weighted by molar-refractivity contribution is 6.19. The Morgan fingerprint density at radius 2 is 0.981 bits per heavy atom. The average Bonchev–Trinajstić information content (AvgIpc) is 3.73. The SMILES string of the molecule is [C-]#[N+]c1cccc(C#N)c1-c1cccc2c3cccc(-c4c(C#N)cccc4C#N)c3n(-c3ccc4c(c3)c3ccccc3n4-c3ccccc3)c12. The number of fused-ring (bicyclic) bond motifs is 6. The fourth-order valence-corrected chi connectivity index (χ4v) is 7.77. The van der Waals surface area contributed by atoms with Gasteiger partial charge in [-0.15, -0.1) is 0 Å². The molecule has 6 nitrogen and oxygen atoms in total. The molecular formula is C46H24N6. The van der Waals surface area contributed by atoms with Crippen LogP contribution in [0.2, 0.25) is 0 Å². The molecular weight excluding hydrogens is 637 g/mol. The summed E-state index contributed by atoms with van der Waals surface area (Å²) < 4.78 is 4.45. The second-order valence-corrected chi connectivity index (χ2v) is 12.5. The molecule has 0 saturated carbocycles. The van der Waals surface area contributed by atoms with Crippen LogP contribution in [0.5, 0.6) is 0 Å². The summed E-state index contributed by atoms with van der Waals surface area (Å²) in [4.78, 5) is 3.85. The number of benzene rings is 7. The van der Waals surface area contributed by atoms with Gasteiger partial charge < -0.3 is 9.13 Å². The van der Waals surface area contributed by atoms with Crippen molar-refractivity contribution in [2.24, 2.45) is 0 Å². The molecule has 0 N–H and O–H groups in total. The van der Waals surface area contributed by atoms with Gasteiger partial charge in [0.05, 0.1) is 58.0 Å². The monoisotopic (exact) mass is 660 g/mol. The molecule has 9 aromatic rings. The van der Waals surface area contributed by atoms with Crippen molar-refractivity contribution in [2.45, 2.75) is 0 Å². The number of nitriles is 3. The number of hydrogen-bond acceptors (Lipinski definition) is 3. The van der Waals surface area contributed by atoms with E-state index in [-0.39, 0.29) is 0 Å². The lowest BCUT2D eigenvalue weighted by Crippen LogP contribution is -1.99. The first kappa shape index (κ1) is 30.2. The lowest BCUT2D eigenvalue weighted by Gasteiger charge is -2.16. The Kier molecular flexibility index (Phi) is 6.91. The fourth-order valence-electron chi connectivity index (χ4n) is 7.77. The van der Waals surface area contributed by atoms with E-state index < -0.39 is 0 Å². The highest BCUT2D eigenvalue weighted by Gasteiger charge is 2.24. The number of nitrogens with zero attached hydrogens (tertiary/aromatic N) is 6. The third-order valence-corrected chi connectivity index (χ3v) is 9.87. The van der Waals surface area contributed by atoms with Crippen molar-refractivity contribution in [1.82, 2.24) is 9.13 Å². The minimum Gasteiger partial charge on any atom is -0.309 e. The van der Waals surface area contributed by atoms with E-state index in [1.54, 1.807) is 36.4 Å². The molecule has 238 valence electrons. The van der Waals surface area contributed by atoms with Crippen LogP contribution in [0.4, 0.5) is 5.69 Å². The average molecular weight is 661 g/mol. The standard InChI is InChI=1S/C46H24N6/c1-50-40-21-8-13-31(28-49)44(40)38-20-10-18-36-35-17-9-19-37(43-29(26-47)11-7-12-30(43)27-48)45(35)52(46(36)38)33-23-24-42-39(25-33)34-16-5-6-22-41(34)51(42)32-14-3-2-4-15-32/h2-25H. The maximum atomic E-state index is 10.3. The van der Waals surface area contributed by atoms with Gasteiger partial charge >= 0.3 is 0 Å². The first-order chi connectivity index (χ1) is 25.7. The van der Waals surface area contributed by atoms with Gasteiger partial charge in [0.25, 0.3) is 0 Å². The van der Waals surface area contributed by atoms with Gasteiger partial charge in [-0.1, -0.05) is 91.0 Å². The van der Waals surface area contributed by atoms with Crippen molar-refractivity contribution in [3.8, 4) is 51.8 Å². The molecule has 2 aromatic heterocycles. The first-order valence-corrected chi connectivity index (χ1v) is 16.7. The third-order valence-electron chi connectivity index (χ3n) is 9.87. The van der Waals surface area contributed by atoms with E-state index in [2.05, 4.69) is 80.7 Å². The van der Waals surface area contributed by atoms with Crippen LogP contribution in [0.3, 0.4) is 0 Å². The van der Waals surface area contributed by atoms with Gasteiger partial charge in [0.1, 0.15) is 0 Å². The van der Waals surface area contributed by atoms with Crippen molar-refractivity contribution < 1.29 is 0 Å². The highest BCUT2D eigenvalue weighted by atomic mass is 15.0. The van der Waals surface area contributed by atoms with Gasteiger partial charge in [-0.05, 0) is 60.2 Å². The molecule has 0 spiro atoms. The summed E-state index contributed by atoms with van der Waals surface area (Å²) in [6.07, 6.45) is 0. The van der Waals surface area contributed by atoms with Crippen LogP contribution in [0.25, 0.3) is 82.1 Å². The van der Waals surface area contributed by atoms with Crippen LogP contribution in [0.1, 0.15) is 16.7 Å². The Morgan fingerprint density at radius 3 is 1.63 bits per heavy atom. The molecule has 0 radical (unpaired) electrons. The van der Waals surface area contributed by atoms with Gasteiger partial charge in [0.2, 0.25) is 0 Å². The van der Waals surface area contributed by atoms with E-state index in [9.17, 15) is 15.8 Å². The molecule has 52 heavy (non-hydrogen) atoms. The zero-order valence-electron chi connectivity index (χ0n) is 27.5. The minimum absolute atomic E-state index is 0.381. The summed E-state index contributed by atoms with van der Waals surface area (Å²) in [5.41, 5.74) is 9.85. The van der Waals surface area contributed by atoms with E-state index in [0.717, 1.165) is 66.1 Å². The van der Waals surface area contributed by atoms with E-state index in [1.807, 2.05) is 60.7 Å². The fraction of sp³-hybridized carbons (Fsp3) is 0. The molecule has 0 atom stereocenters. The van der Waals surface area contributed by atoms with Crippen LogP contribution in [-0.2, 0) is 0 Å². The van der Waals surface area contributed by atoms with Crippen molar-refractivity contribution in [1.29, 1.82) is 15.8 Å². The Morgan fingerprint density at radius 1 is 0.442 bits per heavy atom. The molecule has 0 aliphatic carbocycles. The molecule has 0 bridgehead atoms. The summed E-state index contributed by atoms with van der Waals surface area (Å²) in [5.74, 6) is 0. The molecule has 7 aromatic carbocycles. The molecule has 9 rings (SSSR count). The molecule has 0 aliphatic rings. The lowest BCUT2D eigenvalue weighted by molar-refractivity contribution is 1.17. The summed E-state index contributed by atoms with van der Waals surface area (Å²) in [6, 6.07) is 54.4. The van der Waals surface area contributed by atoms with Gasteiger partial charge in [0.15, 0.2) is 5.69 Å². The van der Waals surface area contributed by atoms with Crippen LogP contribution in [0.15, 0.2) is 146 Å². The Hall–Kier alpha value is -7.90. The Balaban J connectivity index is 1.49. The van der Waals surface area contributed by atoms with Gasteiger partial charge in [-0.2, -0.15) is 15.8 Å². The van der Waals surface area contributed by atoms with Crippen LogP contribution < -0.4 is 0 Å². The second kappa shape index (κ2) is 11.9. The molecule has 0 aliphatic heterocycles. The van der Waals surface area contributed by atoms with Crippen molar-refractivity contribution in [3.05, 3.63) is 174 Å². The van der Waals surface area contributed by atoms with Crippen LogP contribution in [0, 0.1) is 40.6 Å². The topological polar surface area (TPSA) is 85.6 Å². The minimum atomic E-state index is 0.381. The Labute approximate surface area is 298 Å². The van der Waals surface area contributed by atoms with Crippen molar-refractivity contribution in [3.63, 3.8) is 0 Å². The van der Waals surface area contributed by atoms with E-state index in [4.69, 9.17) is 6.57 Å². The van der Waals surface area contributed by atoms with Gasteiger partial charge in [0, 0.05) is 55.2 Å². The highest BCUT2D eigenvalue weighted by Crippen LogP contribution is 2.46. The maximum absolute atomic E-state index is 10.3. The molecule has 0 unspecified atom stereocenters. The van der Waals surface area contributed by atoms with E-state index in [1.165, 1.54) is 0 Å². The quantitative estimate of drug-likeness (QED) is 0.176. The summed E-state index contributed by atoms with van der Waals surface area (Å²) >= 11 is 0. The van der Waals surface area contributed by atoms with E-state index in [0.29, 0.717) is 33.5 Å². The molecule has 0 saturated heterocycles. The second-order valence-electron chi connectivity index (χ2n) is 12.5. The summed E-state index contributed by atoms with van der Waals surface area (Å²) in [6.45, 7) is 8.06. The third kappa shape index (κ3) is 4.33. The number of para-hydroxylation sites is 4. The smallest absolute Gasteiger partial charge is 0.196 e. The largest absolute Gasteiger partial charge is 0.309 e. The zero-order valence-corrected chi connectivity index (χ0v) is 27.5. The normalized spacial score (nSPS) is 11.0. The predicted octanol–water partition coefficient (Wildman–Crippen LogP) is 11.4. The predicted molar refractivity (Wildman–Crippen MR) is 206 cm³/mol. The maximum Gasteiger partial charge on any atom is 0.196 e. The van der Waals surface area contributed by atoms with Crippen molar-refractivity contribution in [2.75, 3.05) is 0 Å². The number of hydrogen-bond donors (Lipinski definition) is 0. The van der Waals surface area contributed by atoms with Gasteiger partial charge in [-0.25, -0.2) is 4.85 Å². The summed E-state index contributed by atoms with van der Waals surface area (Å²) in [7, 11) is 0. The Bertz CT molecular complexity index is 2920. The zero-order chi connectivity index (χ0) is 35.3. The van der Waals surface area contributed by atoms with Crippen LogP contribution in [-0.4, -0.2) is 9.13 Å². The molecule has 0 amide bonds. The summed E-state index contributed by atoms with van der Waals surface area (Å²) in [5, 5.41) is 34.9. The molecule has 6 heteroatoms. The number of aromatic nitrogens is 2. The first-order valence-electron chi connectivity index (χ1n) is 16.7. The lowest BCUT2D eigenvalue weighted by atomic mass is 9.93. The number of rotatable bonds is 4. The van der Waals surface area contributed by atoms with E-state index >= 15 is 0 Å². The van der Waals surface area contributed by atoms with Gasteiger partial charge in [-0.3, -0.25) is 0 Å². The van der Waals surface area contributed by atoms with Crippen molar-refractivity contribution >= 4 is 49.3 Å². The molecule has 0 fully saturated rings. The molecule has 2 heterocycles. The van der Waals surface area contributed by atoms with Crippen LogP contribution >= 0.6 is 0 Å².